The summed E-state index contributed by atoms with van der Waals surface area (Å²) in [6, 6.07) is 3.68. The van der Waals surface area contributed by atoms with Gasteiger partial charge in [0.25, 0.3) is 5.91 Å². The molecule has 0 aliphatic carbocycles. The SMILES string of the molecule is Cc1ccc(C(=O)NC2CCN(S(=O)(=O)c3c(C)nn(C)c3Cl)CC2)s1. The van der Waals surface area contributed by atoms with Gasteiger partial charge in [-0.15, -0.1) is 11.3 Å². The maximum atomic E-state index is 12.9. The number of nitrogens with zero attached hydrogens (tertiary/aromatic N) is 3. The highest BCUT2D eigenvalue weighted by molar-refractivity contribution is 7.89. The second-order valence-electron chi connectivity index (χ2n) is 6.39. The van der Waals surface area contributed by atoms with Gasteiger partial charge in [-0.05, 0) is 38.8 Å². The second-order valence-corrected chi connectivity index (χ2v) is 9.91. The molecule has 1 fully saturated rings. The van der Waals surface area contributed by atoms with E-state index in [-0.39, 0.29) is 22.0 Å². The summed E-state index contributed by atoms with van der Waals surface area (Å²) in [5.41, 5.74) is 0.390. The topological polar surface area (TPSA) is 84.3 Å². The molecule has 0 bridgehead atoms. The van der Waals surface area contributed by atoms with Crippen LogP contribution < -0.4 is 5.32 Å². The predicted molar refractivity (Wildman–Crippen MR) is 101 cm³/mol. The largest absolute Gasteiger partial charge is 0.349 e. The number of amides is 1. The van der Waals surface area contributed by atoms with Crippen LogP contribution in [-0.2, 0) is 17.1 Å². The van der Waals surface area contributed by atoms with Gasteiger partial charge >= 0.3 is 0 Å². The molecule has 142 valence electrons. The molecule has 0 saturated carbocycles. The molecule has 0 atom stereocenters. The predicted octanol–water partition coefficient (Wildman–Crippen LogP) is 2.33. The first-order valence-corrected chi connectivity index (χ1v) is 10.9. The molecule has 3 heterocycles. The molecule has 1 aliphatic heterocycles. The molecule has 26 heavy (non-hydrogen) atoms. The Morgan fingerprint density at radius 2 is 1.96 bits per heavy atom. The summed E-state index contributed by atoms with van der Waals surface area (Å²) >= 11 is 7.57. The van der Waals surface area contributed by atoms with E-state index in [1.807, 2.05) is 19.1 Å². The first-order chi connectivity index (χ1) is 12.2. The van der Waals surface area contributed by atoms with Gasteiger partial charge < -0.3 is 5.32 Å². The highest BCUT2D eigenvalue weighted by Crippen LogP contribution is 2.29. The average molecular weight is 417 g/mol. The number of carbonyl (C=O) groups is 1. The molecule has 1 N–H and O–H groups in total. The van der Waals surface area contributed by atoms with Gasteiger partial charge in [0, 0.05) is 31.1 Å². The summed E-state index contributed by atoms with van der Waals surface area (Å²) in [5, 5.41) is 7.20. The molecule has 2 aromatic heterocycles. The van der Waals surface area contributed by atoms with Crippen LogP contribution in [0.15, 0.2) is 17.0 Å². The smallest absolute Gasteiger partial charge is 0.261 e. The minimum Gasteiger partial charge on any atom is -0.349 e. The van der Waals surface area contributed by atoms with Gasteiger partial charge in [-0.2, -0.15) is 9.40 Å². The molecule has 1 aliphatic rings. The van der Waals surface area contributed by atoms with Crippen LogP contribution in [0, 0.1) is 13.8 Å². The van der Waals surface area contributed by atoms with Crippen LogP contribution in [0.3, 0.4) is 0 Å². The molecule has 10 heteroatoms. The fourth-order valence-electron chi connectivity index (χ4n) is 3.09. The molecule has 0 radical (unpaired) electrons. The number of carbonyl (C=O) groups excluding carboxylic acids is 1. The van der Waals surface area contributed by atoms with E-state index in [1.54, 1.807) is 14.0 Å². The molecule has 0 spiro atoms. The third kappa shape index (κ3) is 3.66. The number of aryl methyl sites for hydroxylation is 3. The van der Waals surface area contributed by atoms with E-state index in [9.17, 15) is 13.2 Å². The lowest BCUT2D eigenvalue weighted by Crippen LogP contribution is -2.46. The molecule has 2 aromatic rings. The fraction of sp³-hybridized carbons (Fsp3) is 0.500. The van der Waals surface area contributed by atoms with Gasteiger partial charge in [-0.3, -0.25) is 9.48 Å². The van der Waals surface area contributed by atoms with E-state index in [0.29, 0.717) is 36.5 Å². The Bertz CT molecular complexity index is 927. The zero-order valence-electron chi connectivity index (χ0n) is 14.8. The lowest BCUT2D eigenvalue weighted by Gasteiger charge is -2.31. The van der Waals surface area contributed by atoms with Crippen LogP contribution in [0.5, 0.6) is 0 Å². The molecule has 7 nitrogen and oxygen atoms in total. The molecular formula is C16H21ClN4O3S2. The van der Waals surface area contributed by atoms with Gasteiger partial charge in [-0.25, -0.2) is 8.42 Å². The number of hydrogen-bond acceptors (Lipinski definition) is 5. The van der Waals surface area contributed by atoms with Gasteiger partial charge in [0.2, 0.25) is 10.0 Å². The fourth-order valence-corrected chi connectivity index (χ4v) is 6.03. The summed E-state index contributed by atoms with van der Waals surface area (Å²) in [5.74, 6) is -0.101. The Labute approximate surface area is 162 Å². The summed E-state index contributed by atoms with van der Waals surface area (Å²) in [6.45, 7) is 4.26. The van der Waals surface area contributed by atoms with Crippen molar-refractivity contribution in [1.82, 2.24) is 19.4 Å². The zero-order valence-corrected chi connectivity index (χ0v) is 17.2. The van der Waals surface area contributed by atoms with Crippen molar-refractivity contribution >= 4 is 38.9 Å². The normalized spacial score (nSPS) is 16.8. The Balaban J connectivity index is 1.65. The van der Waals surface area contributed by atoms with Crippen LogP contribution in [0.2, 0.25) is 5.15 Å². The van der Waals surface area contributed by atoms with E-state index in [1.165, 1.54) is 20.3 Å². The van der Waals surface area contributed by atoms with Crippen molar-refractivity contribution in [3.63, 3.8) is 0 Å². The Morgan fingerprint density at radius 3 is 2.46 bits per heavy atom. The first-order valence-electron chi connectivity index (χ1n) is 8.26. The van der Waals surface area contributed by atoms with E-state index in [2.05, 4.69) is 10.4 Å². The lowest BCUT2D eigenvalue weighted by molar-refractivity contribution is 0.0928. The van der Waals surface area contributed by atoms with Crippen molar-refractivity contribution in [2.45, 2.75) is 37.6 Å². The lowest BCUT2D eigenvalue weighted by atomic mass is 10.1. The Morgan fingerprint density at radius 1 is 1.31 bits per heavy atom. The quantitative estimate of drug-likeness (QED) is 0.828. The standard InChI is InChI=1S/C16H21ClN4O3S2/c1-10-4-5-13(25-10)16(22)18-12-6-8-21(9-7-12)26(23,24)14-11(2)19-20(3)15(14)17/h4-5,12H,6-9H2,1-3H3,(H,18,22). The van der Waals surface area contributed by atoms with E-state index in [0.717, 1.165) is 4.88 Å². The van der Waals surface area contributed by atoms with Crippen LogP contribution in [0.25, 0.3) is 0 Å². The molecule has 1 saturated heterocycles. The molecule has 0 aromatic carbocycles. The van der Waals surface area contributed by atoms with Gasteiger partial charge in [-0.1, -0.05) is 11.6 Å². The molecule has 1 amide bonds. The highest BCUT2D eigenvalue weighted by Gasteiger charge is 2.34. The van der Waals surface area contributed by atoms with Crippen molar-refractivity contribution in [3.05, 3.63) is 32.7 Å². The third-order valence-corrected chi connectivity index (χ3v) is 8.05. The third-order valence-electron chi connectivity index (χ3n) is 4.45. The number of nitrogens with one attached hydrogen (secondary N) is 1. The van der Waals surface area contributed by atoms with E-state index in [4.69, 9.17) is 11.6 Å². The van der Waals surface area contributed by atoms with Crippen molar-refractivity contribution in [2.24, 2.45) is 7.05 Å². The molecule has 0 unspecified atom stereocenters. The number of halogens is 1. The average Bonchev–Trinajstić information content (AvgIpc) is 3.11. The van der Waals surface area contributed by atoms with Crippen molar-refractivity contribution in [2.75, 3.05) is 13.1 Å². The maximum Gasteiger partial charge on any atom is 0.261 e. The minimum atomic E-state index is -3.70. The van der Waals surface area contributed by atoms with Crippen LogP contribution in [0.1, 0.15) is 33.1 Å². The number of hydrogen-bond donors (Lipinski definition) is 1. The first kappa shape index (κ1) is 19.3. The summed E-state index contributed by atoms with van der Waals surface area (Å²) < 4.78 is 28.6. The van der Waals surface area contributed by atoms with Crippen molar-refractivity contribution < 1.29 is 13.2 Å². The highest BCUT2D eigenvalue weighted by atomic mass is 35.5. The van der Waals surface area contributed by atoms with Crippen LogP contribution in [-0.4, -0.2) is 47.5 Å². The number of sulfonamides is 1. The number of piperidine rings is 1. The van der Waals surface area contributed by atoms with Crippen molar-refractivity contribution in [3.8, 4) is 0 Å². The van der Waals surface area contributed by atoms with Crippen LogP contribution in [0.4, 0.5) is 0 Å². The number of rotatable bonds is 4. The van der Waals surface area contributed by atoms with Gasteiger partial charge in [0.1, 0.15) is 10.0 Å². The Hall–Kier alpha value is -1.42. The summed E-state index contributed by atoms with van der Waals surface area (Å²) in [6.07, 6.45) is 1.12. The molecular weight excluding hydrogens is 396 g/mol. The maximum absolute atomic E-state index is 12.9. The van der Waals surface area contributed by atoms with Gasteiger partial charge in [0.15, 0.2) is 0 Å². The second kappa shape index (κ2) is 7.30. The zero-order chi connectivity index (χ0) is 19.1. The van der Waals surface area contributed by atoms with Crippen molar-refractivity contribution in [1.29, 1.82) is 0 Å². The van der Waals surface area contributed by atoms with E-state index < -0.39 is 10.0 Å². The summed E-state index contributed by atoms with van der Waals surface area (Å²) in [4.78, 5) is 14.1. The van der Waals surface area contributed by atoms with Crippen LogP contribution >= 0.6 is 22.9 Å². The monoisotopic (exact) mass is 416 g/mol. The minimum absolute atomic E-state index is 0.0400. The molecule has 3 rings (SSSR count). The number of aromatic nitrogens is 2. The van der Waals surface area contributed by atoms with E-state index >= 15 is 0 Å². The Kier molecular flexibility index (Phi) is 5.43. The van der Waals surface area contributed by atoms with Gasteiger partial charge in [0.05, 0.1) is 10.6 Å². The number of thiophene rings is 1. The summed E-state index contributed by atoms with van der Waals surface area (Å²) in [7, 11) is -2.08.